The van der Waals surface area contributed by atoms with Crippen molar-refractivity contribution in [2.24, 2.45) is 5.92 Å². The quantitative estimate of drug-likeness (QED) is 0.944. The number of piperidine rings is 1. The molecule has 1 unspecified atom stereocenters. The van der Waals surface area contributed by atoms with E-state index in [-0.39, 0.29) is 12.1 Å². The third-order valence-electron chi connectivity index (χ3n) is 5.14. The van der Waals surface area contributed by atoms with Crippen LogP contribution in [0.2, 0.25) is 0 Å². The van der Waals surface area contributed by atoms with Crippen LogP contribution < -0.4 is 10.1 Å². The van der Waals surface area contributed by atoms with Crippen molar-refractivity contribution in [2.45, 2.75) is 18.9 Å². The molecule has 2 aliphatic rings. The minimum atomic E-state index is -0.0396. The van der Waals surface area contributed by atoms with Crippen molar-refractivity contribution in [3.05, 3.63) is 42.7 Å². The highest BCUT2D eigenvalue weighted by Crippen LogP contribution is 2.27. The highest BCUT2D eigenvalue weighted by molar-refractivity contribution is 5.79. The smallest absolute Gasteiger partial charge is 0.325 e. The van der Waals surface area contributed by atoms with Crippen LogP contribution in [0.4, 0.5) is 4.79 Å². The number of rotatable bonds is 3. The van der Waals surface area contributed by atoms with Gasteiger partial charge < -0.3 is 15.0 Å². The summed E-state index contributed by atoms with van der Waals surface area (Å²) in [4.78, 5) is 15.0. The first-order valence-corrected chi connectivity index (χ1v) is 8.57. The maximum absolute atomic E-state index is 12.5. The number of benzene rings is 1. The van der Waals surface area contributed by atoms with Crippen molar-refractivity contribution < 1.29 is 9.53 Å². The molecule has 2 aromatic rings. The first-order valence-electron chi connectivity index (χ1n) is 8.57. The Morgan fingerprint density at radius 1 is 1.17 bits per heavy atom. The molecule has 5 nitrogen and oxygen atoms in total. The Bertz CT molecular complexity index is 710. The summed E-state index contributed by atoms with van der Waals surface area (Å²) in [5.74, 6) is 1.58. The van der Waals surface area contributed by atoms with Gasteiger partial charge in [0.15, 0.2) is 0 Å². The van der Waals surface area contributed by atoms with Gasteiger partial charge in [-0.15, -0.1) is 0 Å². The lowest BCUT2D eigenvalue weighted by atomic mass is 9.97. The molecule has 0 spiro atoms. The second-order valence-electron chi connectivity index (χ2n) is 6.83. The molecule has 2 fully saturated rings. The fraction of sp³-hybridized carbons (Fsp3) is 0.421. The van der Waals surface area contributed by atoms with Crippen molar-refractivity contribution >= 4 is 6.03 Å². The van der Waals surface area contributed by atoms with E-state index in [9.17, 15) is 4.79 Å². The van der Waals surface area contributed by atoms with E-state index in [4.69, 9.17) is 4.74 Å². The van der Waals surface area contributed by atoms with E-state index in [0.717, 1.165) is 35.8 Å². The fourth-order valence-electron chi connectivity index (χ4n) is 3.89. The van der Waals surface area contributed by atoms with E-state index in [1.807, 2.05) is 42.7 Å². The maximum Gasteiger partial charge on any atom is 0.325 e. The normalized spacial score (nSPS) is 25.5. The Kier molecular flexibility index (Phi) is 4.02. The molecule has 4 rings (SSSR count). The van der Waals surface area contributed by atoms with Crippen molar-refractivity contribution in [2.75, 3.05) is 26.7 Å². The van der Waals surface area contributed by atoms with Gasteiger partial charge in [0.2, 0.25) is 0 Å². The molecular weight excluding hydrogens is 302 g/mol. The zero-order valence-electron chi connectivity index (χ0n) is 13.9. The van der Waals surface area contributed by atoms with E-state index < -0.39 is 0 Å². The molecule has 2 bridgehead atoms. The predicted molar refractivity (Wildman–Crippen MR) is 93.3 cm³/mol. The second kappa shape index (κ2) is 6.32. The molecule has 3 heterocycles. The van der Waals surface area contributed by atoms with Crippen molar-refractivity contribution in [1.82, 2.24) is 14.8 Å². The molecule has 1 amide bonds. The number of aromatic nitrogens is 1. The summed E-state index contributed by atoms with van der Waals surface area (Å²) in [6, 6.07) is 10.1. The molecule has 2 aliphatic heterocycles. The van der Waals surface area contributed by atoms with Gasteiger partial charge in [0.1, 0.15) is 5.75 Å². The highest BCUT2D eigenvalue weighted by Gasteiger charge is 2.32. The van der Waals surface area contributed by atoms with Gasteiger partial charge in [-0.25, -0.2) is 4.79 Å². The number of hydrogen-bond acceptors (Lipinski definition) is 3. The first-order chi connectivity index (χ1) is 11.7. The Hall–Kier alpha value is -2.27. The summed E-state index contributed by atoms with van der Waals surface area (Å²) in [5.41, 5.74) is 2.10. The van der Waals surface area contributed by atoms with Crippen molar-refractivity contribution in [3.8, 4) is 16.9 Å². The molecule has 0 saturated carbocycles. The minimum absolute atomic E-state index is 0.0396. The first kappa shape index (κ1) is 15.3. The molecule has 3 atom stereocenters. The molecule has 1 N–H and O–H groups in total. The molecule has 0 aliphatic carbocycles. The van der Waals surface area contributed by atoms with Crippen LogP contribution in [0.1, 0.15) is 12.8 Å². The predicted octanol–water partition coefficient (Wildman–Crippen LogP) is 2.82. The monoisotopic (exact) mass is 325 g/mol. The highest BCUT2D eigenvalue weighted by atomic mass is 16.5. The summed E-state index contributed by atoms with van der Waals surface area (Å²) >= 11 is 0. The number of ether oxygens (including phenoxy) is 1. The molecule has 5 heteroatoms. The van der Waals surface area contributed by atoms with Crippen LogP contribution in [0.3, 0.4) is 0 Å². The SMILES string of the molecule is COc1ccc(-c2ccn(C(=O)N[C@@H]3C[C@H]4CCN(C4)C3)c2)cc1. The Labute approximate surface area is 142 Å². The lowest BCUT2D eigenvalue weighted by Gasteiger charge is -2.30. The standard InChI is InChI=1S/C19H23N3O2/c1-24-18-4-2-15(3-5-18)16-7-9-22(12-16)19(23)20-17-10-14-6-8-21(11-14)13-17/h2-5,7,9,12,14,17H,6,8,10-11,13H2,1H3,(H,20,23)/t14-,17-/m1/s1. The van der Waals surface area contributed by atoms with Gasteiger partial charge in [0.25, 0.3) is 0 Å². The van der Waals surface area contributed by atoms with E-state index >= 15 is 0 Å². The average molecular weight is 325 g/mol. The van der Waals surface area contributed by atoms with E-state index in [1.165, 1.54) is 19.5 Å². The van der Waals surface area contributed by atoms with Gasteiger partial charge in [0.05, 0.1) is 7.11 Å². The number of nitrogens with one attached hydrogen (secondary N) is 1. The minimum Gasteiger partial charge on any atom is -0.497 e. The van der Waals surface area contributed by atoms with Crippen LogP contribution in [0, 0.1) is 5.92 Å². The number of carbonyl (C=O) groups excluding carboxylic acids is 1. The third kappa shape index (κ3) is 3.04. The molecule has 0 radical (unpaired) electrons. The number of fused-ring (bicyclic) bond motifs is 2. The summed E-state index contributed by atoms with van der Waals surface area (Å²) in [5, 5.41) is 3.18. The lowest BCUT2D eigenvalue weighted by molar-refractivity contribution is 0.206. The maximum atomic E-state index is 12.5. The van der Waals surface area contributed by atoms with Gasteiger partial charge in [-0.05, 0) is 54.6 Å². The molecule has 1 aromatic carbocycles. The van der Waals surface area contributed by atoms with Gasteiger partial charge in [0, 0.05) is 31.5 Å². The number of hydrogen-bond donors (Lipinski definition) is 1. The molecule has 2 saturated heterocycles. The number of methoxy groups -OCH3 is 1. The number of amides is 1. The summed E-state index contributed by atoms with van der Waals surface area (Å²) in [7, 11) is 1.66. The van der Waals surface area contributed by atoms with Crippen LogP contribution in [0.5, 0.6) is 5.75 Å². The van der Waals surface area contributed by atoms with Crippen LogP contribution in [0.15, 0.2) is 42.7 Å². The van der Waals surface area contributed by atoms with E-state index in [0.29, 0.717) is 0 Å². The molecule has 24 heavy (non-hydrogen) atoms. The summed E-state index contributed by atoms with van der Waals surface area (Å²) in [6.45, 7) is 3.37. The lowest BCUT2D eigenvalue weighted by Crippen LogP contribution is -2.47. The Morgan fingerprint density at radius 2 is 2.00 bits per heavy atom. The van der Waals surface area contributed by atoms with Gasteiger partial charge in [-0.3, -0.25) is 4.57 Å². The second-order valence-corrected chi connectivity index (χ2v) is 6.83. The zero-order chi connectivity index (χ0) is 16.5. The topological polar surface area (TPSA) is 46.5 Å². The number of carbonyl (C=O) groups is 1. The van der Waals surface area contributed by atoms with Crippen LogP contribution >= 0.6 is 0 Å². The molecule has 1 aromatic heterocycles. The molecule has 126 valence electrons. The van der Waals surface area contributed by atoms with Crippen LogP contribution in [-0.2, 0) is 0 Å². The summed E-state index contributed by atoms with van der Waals surface area (Å²) < 4.78 is 6.83. The fourth-order valence-corrected chi connectivity index (χ4v) is 3.89. The van der Waals surface area contributed by atoms with E-state index in [1.54, 1.807) is 11.7 Å². The largest absolute Gasteiger partial charge is 0.497 e. The number of nitrogens with zero attached hydrogens (tertiary/aromatic N) is 2. The average Bonchev–Trinajstić information content (AvgIpc) is 3.22. The van der Waals surface area contributed by atoms with E-state index in [2.05, 4.69) is 10.2 Å². The Balaban J connectivity index is 1.42. The Morgan fingerprint density at radius 3 is 2.75 bits per heavy atom. The van der Waals surface area contributed by atoms with Gasteiger partial charge in [-0.2, -0.15) is 0 Å². The molecular formula is C19H23N3O2. The van der Waals surface area contributed by atoms with Crippen molar-refractivity contribution in [1.29, 1.82) is 0 Å². The van der Waals surface area contributed by atoms with Crippen LogP contribution in [0.25, 0.3) is 11.1 Å². The van der Waals surface area contributed by atoms with Crippen LogP contribution in [-0.4, -0.2) is 48.3 Å². The third-order valence-corrected chi connectivity index (χ3v) is 5.14. The van der Waals surface area contributed by atoms with Crippen molar-refractivity contribution in [3.63, 3.8) is 0 Å². The van der Waals surface area contributed by atoms with Gasteiger partial charge in [-0.1, -0.05) is 12.1 Å². The summed E-state index contributed by atoms with van der Waals surface area (Å²) in [6.07, 6.45) is 6.09. The zero-order valence-corrected chi connectivity index (χ0v) is 13.9. The van der Waals surface area contributed by atoms with Gasteiger partial charge >= 0.3 is 6.03 Å².